The maximum atomic E-state index is 14.9. The molecule has 45 heteroatoms. The summed E-state index contributed by atoms with van der Waals surface area (Å²) in [6.45, 7) is 0. The van der Waals surface area contributed by atoms with Gasteiger partial charge in [0, 0.05) is 23.0 Å². The van der Waals surface area contributed by atoms with E-state index in [4.69, 9.17) is 0 Å². The fraction of sp³-hybridized carbons (Fsp3) is 0.963. The zero-order chi connectivity index (χ0) is 58.1. The lowest BCUT2D eigenvalue weighted by atomic mass is 9.91. The molecule has 0 atom stereocenters. The minimum Gasteiger partial charge on any atom is -0.298 e. The smallest absolute Gasteiger partial charge is 0.298 e. The van der Waals surface area contributed by atoms with Crippen LogP contribution in [0.2, 0.25) is 0 Å². The average molecular weight is 1230 g/mol. The molecule has 2 rings (SSSR count). The summed E-state index contributed by atoms with van der Waals surface area (Å²) in [6.07, 6.45) is -19.4. The summed E-state index contributed by atoms with van der Waals surface area (Å²) in [7, 11) is -26.6. The lowest BCUT2D eigenvalue weighted by Crippen LogP contribution is -2.75. The van der Waals surface area contributed by atoms with Gasteiger partial charge in [0.25, 0.3) is 0 Å². The molecule has 2 saturated heterocycles. The molecule has 2 aliphatic heterocycles. The second kappa shape index (κ2) is 17.9. The average Bonchev–Trinajstić information content (AvgIpc) is 3.81. The lowest BCUT2D eigenvalue weighted by Gasteiger charge is -2.43. The lowest BCUT2D eigenvalue weighted by molar-refractivity contribution is -0.458. The van der Waals surface area contributed by atoms with Gasteiger partial charge in [-0.25, -0.2) is 7.26 Å². The highest BCUT2D eigenvalue weighted by molar-refractivity contribution is 8.35. The Morgan fingerprint density at radius 3 is 0.653 bits per heavy atom. The number of carbonyl (C=O) groups is 1. The summed E-state index contributed by atoms with van der Waals surface area (Å²) >= 11 is 0. The molecule has 0 aromatic heterocycles. The summed E-state index contributed by atoms with van der Waals surface area (Å²) < 4.78 is 525. The minimum absolute atomic E-state index is 0.773. The van der Waals surface area contributed by atoms with Crippen LogP contribution in [0, 0.1) is 0 Å². The third-order valence-electron chi connectivity index (χ3n) is 9.90. The third-order valence-corrected chi connectivity index (χ3v) is 21.2. The van der Waals surface area contributed by atoms with Crippen molar-refractivity contribution in [3.63, 3.8) is 0 Å². The summed E-state index contributed by atoms with van der Waals surface area (Å²) in [5.41, 5.74) is 0. The zero-order valence-electron chi connectivity index (χ0n) is 32.9. The van der Waals surface area contributed by atoms with E-state index in [1.54, 1.807) is 0 Å². The molecule has 0 radical (unpaired) electrons. The predicted octanol–water partition coefficient (Wildman–Crippen LogP) is 12.2. The monoisotopic (exact) mass is 1230 g/mol. The number of Topliss-reactive ketones (excluding diaryl/α,β-unsaturated/α-hetero) is 1. The van der Waals surface area contributed by atoms with Crippen molar-refractivity contribution in [3.05, 3.63) is 0 Å². The molecular formula is C27H20F34O7S4. The third kappa shape index (κ3) is 9.16. The van der Waals surface area contributed by atoms with E-state index in [0.29, 0.717) is 0 Å². The number of rotatable bonds is 22. The Kier molecular flexibility index (Phi) is 16.4. The van der Waals surface area contributed by atoms with E-state index in [0.717, 1.165) is 0 Å². The summed E-state index contributed by atoms with van der Waals surface area (Å²) in [5.74, 6) is -121. The van der Waals surface area contributed by atoms with Gasteiger partial charge in [0.2, 0.25) is 0 Å². The maximum absolute atomic E-state index is 14.9. The second-order valence-corrected chi connectivity index (χ2v) is 25.0. The summed E-state index contributed by atoms with van der Waals surface area (Å²) in [6, 6.07) is 0. The van der Waals surface area contributed by atoms with E-state index in [-0.39, 0.29) is 0 Å². The van der Waals surface area contributed by atoms with Crippen molar-refractivity contribution in [3.8, 4) is 0 Å². The van der Waals surface area contributed by atoms with Crippen LogP contribution in [0.5, 0.6) is 0 Å². The first-order valence-corrected chi connectivity index (χ1v) is 24.3. The number of alkyl halides is 34. The molecule has 0 aromatic rings. The van der Waals surface area contributed by atoms with Crippen molar-refractivity contribution < 1.29 is 178 Å². The van der Waals surface area contributed by atoms with Crippen LogP contribution in [0.25, 0.3) is 0 Å². The minimum atomic E-state index is -9.32. The number of hydrogen-bond donors (Lipinski definition) is 0. The molecule has 7 nitrogen and oxygen atoms in total. The fourth-order valence-corrected chi connectivity index (χ4v) is 17.3. The highest BCUT2D eigenvalue weighted by atomic mass is 32.3. The molecule has 0 saturated carbocycles. The Balaban J connectivity index is 2.61. The van der Waals surface area contributed by atoms with Crippen molar-refractivity contribution in [2.75, 3.05) is 34.5 Å². The SMILES string of the molecule is O=C(CS1(OS(=O)(=O)C(F)(F)C(F)(F)C(F)(F)C(F)(F)C(F)(F)C(F)(F)C(F)(F)C(F)(F)F)CCCC1)CS1(OS(=O)(=O)C(F)(F)C(F)(F)C(F)(F)C(F)(F)C(F)(F)C(F)(F)C(F)(F)C(F)(F)F)CCCC1. The first-order chi connectivity index (χ1) is 30.9. The van der Waals surface area contributed by atoms with E-state index in [9.17, 15) is 171 Å². The van der Waals surface area contributed by atoms with Crippen LogP contribution in [0.4, 0.5) is 149 Å². The van der Waals surface area contributed by atoms with Gasteiger partial charge in [0.1, 0.15) is 0 Å². The fourth-order valence-electron chi connectivity index (χ4n) is 5.84. The van der Waals surface area contributed by atoms with Gasteiger partial charge in [-0.2, -0.15) is 166 Å². The van der Waals surface area contributed by atoms with Crippen molar-refractivity contribution in [1.29, 1.82) is 0 Å². The molecule has 0 unspecified atom stereocenters. The first-order valence-electron chi connectivity index (χ1n) is 17.3. The zero-order valence-corrected chi connectivity index (χ0v) is 36.2. The van der Waals surface area contributed by atoms with Crippen LogP contribution < -0.4 is 0 Å². The van der Waals surface area contributed by atoms with Crippen LogP contribution in [0.3, 0.4) is 0 Å². The van der Waals surface area contributed by atoms with Crippen LogP contribution in [-0.4, -0.2) is 151 Å². The molecule has 0 amide bonds. The molecule has 72 heavy (non-hydrogen) atoms. The number of ketones is 1. The molecule has 2 fully saturated rings. The number of hydrogen-bond acceptors (Lipinski definition) is 7. The molecule has 0 spiro atoms. The molecule has 2 aliphatic rings. The first kappa shape index (κ1) is 65.9. The number of halogens is 34. The predicted molar refractivity (Wildman–Crippen MR) is 169 cm³/mol. The highest BCUT2D eigenvalue weighted by Gasteiger charge is 2.98. The van der Waals surface area contributed by atoms with Gasteiger partial charge in [-0.15, -0.1) is 20.6 Å². The van der Waals surface area contributed by atoms with Gasteiger partial charge in [0.05, 0.1) is 11.5 Å². The Morgan fingerprint density at radius 1 is 0.306 bits per heavy atom. The van der Waals surface area contributed by atoms with E-state index < -0.39 is 201 Å². The van der Waals surface area contributed by atoms with Gasteiger partial charge in [0.15, 0.2) is 5.78 Å². The van der Waals surface area contributed by atoms with Crippen molar-refractivity contribution in [1.82, 2.24) is 0 Å². The molecule has 2 heterocycles. The molecule has 0 bridgehead atoms. The Labute approximate surface area is 378 Å². The quantitative estimate of drug-likeness (QED) is 0.0995. The van der Waals surface area contributed by atoms with Crippen LogP contribution in [-0.2, 0) is 32.3 Å². The molecule has 432 valence electrons. The number of carbonyl (C=O) groups excluding carboxylic acids is 1. The van der Waals surface area contributed by atoms with Crippen LogP contribution in [0.15, 0.2) is 0 Å². The van der Waals surface area contributed by atoms with Crippen molar-refractivity contribution in [2.45, 2.75) is 120 Å². The maximum Gasteiger partial charge on any atom is 0.460 e. The molecular weight excluding hydrogens is 1210 g/mol. The van der Waals surface area contributed by atoms with E-state index in [1.807, 2.05) is 0 Å². The van der Waals surface area contributed by atoms with Gasteiger partial charge in [-0.3, -0.25) is 4.79 Å². The van der Waals surface area contributed by atoms with Gasteiger partial charge in [-0.05, 0) is 25.7 Å². The van der Waals surface area contributed by atoms with Crippen molar-refractivity contribution >= 4 is 46.6 Å². The molecule has 0 aliphatic carbocycles. The highest BCUT2D eigenvalue weighted by Crippen LogP contribution is 2.69. The largest absolute Gasteiger partial charge is 0.460 e. The standard InChI is InChI=1S/C27H20F34O7S4/c28-12(29,16(36,37)20(44,45)24(52,53)54)14(32,33)18(40,41)22(48,49)26(58,59)71(63,64)67-69(5-1-2-6-69)9-11(62)10-70(7-3-4-8-70)68-72(65,66)27(60,61)23(50,51)19(42,43)15(34,35)13(30,31)17(38,39)21(46,47)25(55,56)57/h1-10H2. The van der Waals surface area contributed by atoms with Gasteiger partial charge < -0.3 is 0 Å². The van der Waals surface area contributed by atoms with E-state index >= 15 is 0 Å². The normalized spacial score (nSPS) is 20.7. The summed E-state index contributed by atoms with van der Waals surface area (Å²) in [5, 5.41) is -16.7. The topological polar surface area (TPSA) is 104 Å². The molecule has 0 aromatic carbocycles. The Morgan fingerprint density at radius 2 is 0.472 bits per heavy atom. The van der Waals surface area contributed by atoms with E-state index in [1.165, 1.54) is 0 Å². The van der Waals surface area contributed by atoms with Gasteiger partial charge >= 0.3 is 114 Å². The molecule has 0 N–H and O–H groups in total. The van der Waals surface area contributed by atoms with Crippen molar-refractivity contribution in [2.24, 2.45) is 0 Å². The Hall–Kier alpha value is -2.19. The second-order valence-electron chi connectivity index (χ2n) is 15.0. The van der Waals surface area contributed by atoms with Gasteiger partial charge in [-0.1, -0.05) is 0 Å². The summed E-state index contributed by atoms with van der Waals surface area (Å²) in [4.78, 5) is 13.1. The Bertz CT molecular complexity index is 2090. The van der Waals surface area contributed by atoms with Crippen LogP contribution in [0.1, 0.15) is 25.7 Å². The van der Waals surface area contributed by atoms with Crippen LogP contribution >= 0.6 is 20.6 Å². The van der Waals surface area contributed by atoms with E-state index in [2.05, 4.69) is 7.26 Å².